The number of hydrogen-bond acceptors (Lipinski definition) is 6. The van der Waals surface area contributed by atoms with Gasteiger partial charge in [0.25, 0.3) is 0 Å². The lowest BCUT2D eigenvalue weighted by Crippen LogP contribution is -2.40. The summed E-state index contributed by atoms with van der Waals surface area (Å²) in [6.07, 6.45) is 1.67. The summed E-state index contributed by atoms with van der Waals surface area (Å²) in [4.78, 5) is 12.9. The van der Waals surface area contributed by atoms with Crippen molar-refractivity contribution < 1.29 is 27.1 Å². The number of nitrogens with one attached hydrogen (secondary N) is 1. The van der Waals surface area contributed by atoms with Crippen LogP contribution in [0.3, 0.4) is 0 Å². The molecule has 1 aliphatic rings. The lowest BCUT2D eigenvalue weighted by atomic mass is 10.0. The van der Waals surface area contributed by atoms with E-state index in [9.17, 15) is 13.2 Å². The van der Waals surface area contributed by atoms with E-state index < -0.39 is 10.0 Å². The van der Waals surface area contributed by atoms with Crippen molar-refractivity contribution >= 4 is 32.6 Å². The van der Waals surface area contributed by atoms with Crippen LogP contribution in [0.4, 0.5) is 5.69 Å². The Balaban J connectivity index is 1.57. The van der Waals surface area contributed by atoms with Crippen molar-refractivity contribution in [2.45, 2.75) is 25.2 Å². The predicted octanol–water partition coefficient (Wildman–Crippen LogP) is 3.26. The van der Waals surface area contributed by atoms with Crippen molar-refractivity contribution in [2.75, 3.05) is 38.7 Å². The molecular weight excluding hydrogens is 432 g/mol. The van der Waals surface area contributed by atoms with Crippen LogP contribution >= 0.6 is 0 Å². The lowest BCUT2D eigenvalue weighted by molar-refractivity contribution is -0.115. The lowest BCUT2D eigenvalue weighted by Gasteiger charge is -2.26. The van der Waals surface area contributed by atoms with E-state index in [1.807, 2.05) is 26.0 Å². The Bertz CT molecular complexity index is 1260. The molecule has 0 unspecified atom stereocenters. The Morgan fingerprint density at radius 1 is 1.16 bits per heavy atom. The Morgan fingerprint density at radius 2 is 1.91 bits per heavy atom. The summed E-state index contributed by atoms with van der Waals surface area (Å²) in [5.74, 6) is 0.0768. The zero-order valence-electron chi connectivity index (χ0n) is 18.3. The number of nitrogens with zero attached hydrogens (tertiary/aromatic N) is 1. The molecular formula is C23H26N2O6S. The van der Waals surface area contributed by atoms with Gasteiger partial charge in [0, 0.05) is 24.0 Å². The highest BCUT2D eigenvalue weighted by Gasteiger charge is 2.27. The largest absolute Gasteiger partial charge is 0.495 e. The maximum Gasteiger partial charge on any atom is 0.243 e. The smallest absolute Gasteiger partial charge is 0.243 e. The fourth-order valence-electron chi connectivity index (χ4n) is 3.77. The van der Waals surface area contributed by atoms with Crippen LogP contribution in [-0.4, -0.2) is 52.0 Å². The molecule has 1 aliphatic heterocycles. The molecule has 3 aromatic rings. The Kier molecular flexibility index (Phi) is 6.23. The summed E-state index contributed by atoms with van der Waals surface area (Å²) >= 11 is 0. The molecule has 2 heterocycles. The highest BCUT2D eigenvalue weighted by atomic mass is 32.2. The number of rotatable bonds is 6. The maximum atomic E-state index is 13.0. The van der Waals surface area contributed by atoms with E-state index >= 15 is 0 Å². The van der Waals surface area contributed by atoms with Crippen molar-refractivity contribution in [3.8, 4) is 5.75 Å². The molecule has 1 fully saturated rings. The highest BCUT2D eigenvalue weighted by Crippen LogP contribution is 2.30. The van der Waals surface area contributed by atoms with Gasteiger partial charge in [0.2, 0.25) is 15.9 Å². The van der Waals surface area contributed by atoms with Crippen LogP contribution in [0.1, 0.15) is 16.7 Å². The van der Waals surface area contributed by atoms with Gasteiger partial charge in [-0.05, 0) is 43.2 Å². The molecule has 0 radical (unpaired) electrons. The van der Waals surface area contributed by atoms with Gasteiger partial charge in [-0.25, -0.2) is 8.42 Å². The van der Waals surface area contributed by atoms with Gasteiger partial charge in [0.1, 0.15) is 11.3 Å². The summed E-state index contributed by atoms with van der Waals surface area (Å²) in [6, 6.07) is 8.40. The van der Waals surface area contributed by atoms with Crippen LogP contribution < -0.4 is 10.1 Å². The molecule has 1 amide bonds. The van der Waals surface area contributed by atoms with Gasteiger partial charge in [-0.15, -0.1) is 0 Å². The summed E-state index contributed by atoms with van der Waals surface area (Å²) in [7, 11) is -2.23. The summed E-state index contributed by atoms with van der Waals surface area (Å²) in [5.41, 5.74) is 3.98. The molecule has 32 heavy (non-hydrogen) atoms. The number of carbonyl (C=O) groups is 1. The third-order valence-electron chi connectivity index (χ3n) is 5.75. The second kappa shape index (κ2) is 8.93. The molecule has 0 saturated carbocycles. The summed E-state index contributed by atoms with van der Waals surface area (Å²) in [6.45, 7) is 5.29. The van der Waals surface area contributed by atoms with Gasteiger partial charge in [-0.3, -0.25) is 4.79 Å². The van der Waals surface area contributed by atoms with E-state index in [1.54, 1.807) is 12.3 Å². The quantitative estimate of drug-likeness (QED) is 0.609. The van der Waals surface area contributed by atoms with Crippen molar-refractivity contribution in [3.05, 3.63) is 53.3 Å². The van der Waals surface area contributed by atoms with Crippen LogP contribution in [0.25, 0.3) is 11.0 Å². The molecule has 1 aromatic heterocycles. The first-order chi connectivity index (χ1) is 15.3. The fourth-order valence-corrected chi connectivity index (χ4v) is 5.21. The topological polar surface area (TPSA) is 98.1 Å². The number of amides is 1. The average Bonchev–Trinajstić information content (AvgIpc) is 3.20. The van der Waals surface area contributed by atoms with Crippen LogP contribution in [0.15, 0.2) is 45.9 Å². The minimum Gasteiger partial charge on any atom is -0.495 e. The Morgan fingerprint density at radius 3 is 2.62 bits per heavy atom. The standard InChI is InChI=1S/C23H26N2O6S/c1-15-4-6-19-17(14-31-23(19)16(15)2)12-22(26)24-20-13-18(5-7-21(20)29-3)32(27,28)25-8-10-30-11-9-25/h4-7,13-14H,8-12H2,1-3H3,(H,24,26). The summed E-state index contributed by atoms with van der Waals surface area (Å²) in [5, 5.41) is 3.68. The van der Waals surface area contributed by atoms with Crippen LogP contribution in [0, 0.1) is 13.8 Å². The Labute approximate surface area is 187 Å². The molecule has 4 rings (SSSR count). The van der Waals surface area contributed by atoms with Crippen molar-refractivity contribution in [1.29, 1.82) is 0 Å². The number of ether oxygens (including phenoxy) is 2. The molecule has 1 N–H and O–H groups in total. The van der Waals surface area contributed by atoms with E-state index in [-0.39, 0.29) is 17.2 Å². The van der Waals surface area contributed by atoms with Gasteiger partial charge in [-0.2, -0.15) is 4.31 Å². The minimum atomic E-state index is -3.70. The fraction of sp³-hybridized carbons (Fsp3) is 0.348. The molecule has 2 aromatic carbocycles. The second-order valence-corrected chi connectivity index (χ2v) is 9.69. The zero-order chi connectivity index (χ0) is 22.9. The third kappa shape index (κ3) is 4.23. The molecule has 0 bridgehead atoms. The van der Waals surface area contributed by atoms with Crippen LogP contribution in [-0.2, 0) is 26.0 Å². The second-order valence-electron chi connectivity index (χ2n) is 7.75. The van der Waals surface area contributed by atoms with E-state index in [0.717, 1.165) is 27.7 Å². The van der Waals surface area contributed by atoms with E-state index in [0.29, 0.717) is 37.7 Å². The van der Waals surface area contributed by atoms with Crippen molar-refractivity contribution in [1.82, 2.24) is 4.31 Å². The number of methoxy groups -OCH3 is 1. The maximum absolute atomic E-state index is 13.0. The molecule has 1 saturated heterocycles. The van der Waals surface area contributed by atoms with E-state index in [1.165, 1.54) is 23.5 Å². The summed E-state index contributed by atoms with van der Waals surface area (Å²) < 4.78 is 43.6. The highest BCUT2D eigenvalue weighted by molar-refractivity contribution is 7.89. The van der Waals surface area contributed by atoms with Gasteiger partial charge >= 0.3 is 0 Å². The van der Waals surface area contributed by atoms with Gasteiger partial charge in [-0.1, -0.05) is 12.1 Å². The third-order valence-corrected chi connectivity index (χ3v) is 7.64. The molecule has 9 heteroatoms. The first-order valence-corrected chi connectivity index (χ1v) is 11.8. The number of fused-ring (bicyclic) bond motifs is 1. The van der Waals surface area contributed by atoms with Crippen molar-refractivity contribution in [2.24, 2.45) is 0 Å². The Hall–Kier alpha value is -2.88. The predicted molar refractivity (Wildman–Crippen MR) is 121 cm³/mol. The molecule has 0 spiro atoms. The normalized spacial score (nSPS) is 15.1. The first kappa shape index (κ1) is 22.3. The number of hydrogen-bond donors (Lipinski definition) is 1. The minimum absolute atomic E-state index is 0.0824. The molecule has 8 nitrogen and oxygen atoms in total. The first-order valence-electron chi connectivity index (χ1n) is 10.3. The number of anilines is 1. The van der Waals surface area contributed by atoms with E-state index in [4.69, 9.17) is 13.9 Å². The number of benzene rings is 2. The monoisotopic (exact) mass is 458 g/mol. The molecule has 0 atom stereocenters. The molecule has 170 valence electrons. The average molecular weight is 459 g/mol. The van der Waals surface area contributed by atoms with Crippen LogP contribution in [0.5, 0.6) is 5.75 Å². The SMILES string of the molecule is COc1ccc(S(=O)(=O)N2CCOCC2)cc1NC(=O)Cc1coc2c(C)c(C)ccc12. The number of carbonyl (C=O) groups excluding carboxylic acids is 1. The van der Waals surface area contributed by atoms with Crippen molar-refractivity contribution in [3.63, 3.8) is 0 Å². The number of furan rings is 1. The number of sulfonamides is 1. The number of aryl methyl sites for hydroxylation is 2. The van der Waals surface area contributed by atoms with Gasteiger partial charge in [0.05, 0.1) is 43.6 Å². The van der Waals surface area contributed by atoms with Crippen LogP contribution in [0.2, 0.25) is 0 Å². The molecule has 0 aliphatic carbocycles. The van der Waals surface area contributed by atoms with E-state index in [2.05, 4.69) is 5.32 Å². The number of morpholine rings is 1. The van der Waals surface area contributed by atoms with Gasteiger partial charge in [0.15, 0.2) is 0 Å². The van der Waals surface area contributed by atoms with Gasteiger partial charge < -0.3 is 19.2 Å². The zero-order valence-corrected chi connectivity index (χ0v) is 19.1.